The van der Waals surface area contributed by atoms with Crippen molar-refractivity contribution < 1.29 is 4.74 Å². The van der Waals surface area contributed by atoms with Gasteiger partial charge >= 0.3 is 0 Å². The van der Waals surface area contributed by atoms with Crippen LogP contribution in [0.15, 0.2) is 18.2 Å². The van der Waals surface area contributed by atoms with Crippen LogP contribution in [0.2, 0.25) is 0 Å². The molecule has 0 aromatic heterocycles. The van der Waals surface area contributed by atoms with E-state index in [-0.39, 0.29) is 0 Å². The lowest BCUT2D eigenvalue weighted by Gasteiger charge is -2.30. The number of morpholine rings is 1. The van der Waals surface area contributed by atoms with Crippen molar-refractivity contribution in [2.75, 3.05) is 33.3 Å². The van der Waals surface area contributed by atoms with Gasteiger partial charge in [-0.05, 0) is 37.6 Å². The van der Waals surface area contributed by atoms with E-state index < -0.39 is 0 Å². The molecule has 0 aliphatic carbocycles. The highest BCUT2D eigenvalue weighted by Gasteiger charge is 2.16. The zero-order valence-corrected chi connectivity index (χ0v) is 11.7. The molecule has 1 aromatic rings. The van der Waals surface area contributed by atoms with Crippen molar-refractivity contribution in [1.29, 1.82) is 0 Å². The molecule has 1 aliphatic heterocycles. The van der Waals surface area contributed by atoms with E-state index >= 15 is 0 Å². The Morgan fingerprint density at radius 1 is 1.39 bits per heavy atom. The van der Waals surface area contributed by atoms with Crippen LogP contribution in [0.5, 0.6) is 0 Å². The summed E-state index contributed by atoms with van der Waals surface area (Å²) in [5, 5.41) is 3.51. The standard InChI is InChI=1S/C15H24N2O/c1-12-5-4-6-14(13(12)2)9-16-10-15-11-17(3)7-8-18-15/h4-6,15-16H,7-11H2,1-3H3/t15-/m0/s1. The molecule has 3 nitrogen and oxygen atoms in total. The molecule has 1 atom stereocenters. The number of aryl methyl sites for hydroxylation is 1. The summed E-state index contributed by atoms with van der Waals surface area (Å²) < 4.78 is 5.74. The number of nitrogens with zero attached hydrogens (tertiary/aromatic N) is 1. The summed E-state index contributed by atoms with van der Waals surface area (Å²) in [7, 11) is 2.15. The Morgan fingerprint density at radius 3 is 3.00 bits per heavy atom. The molecule has 1 fully saturated rings. The summed E-state index contributed by atoms with van der Waals surface area (Å²) in [6.45, 7) is 9.14. The van der Waals surface area contributed by atoms with Crippen molar-refractivity contribution >= 4 is 0 Å². The van der Waals surface area contributed by atoms with Gasteiger partial charge in [0.05, 0.1) is 12.7 Å². The second-order valence-corrected chi connectivity index (χ2v) is 5.24. The SMILES string of the molecule is Cc1cccc(CNC[C@H]2CN(C)CCO2)c1C. The van der Waals surface area contributed by atoms with Crippen LogP contribution < -0.4 is 5.32 Å². The quantitative estimate of drug-likeness (QED) is 0.878. The number of likely N-dealkylation sites (N-methyl/N-ethyl adjacent to an activating group) is 1. The summed E-state index contributed by atoms with van der Waals surface area (Å²) in [6, 6.07) is 6.49. The zero-order valence-electron chi connectivity index (χ0n) is 11.7. The lowest BCUT2D eigenvalue weighted by Crippen LogP contribution is -2.44. The van der Waals surface area contributed by atoms with Crippen molar-refractivity contribution in [2.24, 2.45) is 0 Å². The third kappa shape index (κ3) is 3.55. The summed E-state index contributed by atoms with van der Waals surface area (Å²) >= 11 is 0. The molecule has 0 unspecified atom stereocenters. The smallest absolute Gasteiger partial charge is 0.0826 e. The first-order valence-corrected chi connectivity index (χ1v) is 6.73. The Balaban J connectivity index is 1.79. The Kier molecular flexibility index (Phi) is 4.75. The molecule has 100 valence electrons. The van der Waals surface area contributed by atoms with Crippen LogP contribution in [0.1, 0.15) is 16.7 Å². The summed E-state index contributed by atoms with van der Waals surface area (Å²) in [5.74, 6) is 0. The van der Waals surface area contributed by atoms with Gasteiger partial charge in [-0.1, -0.05) is 18.2 Å². The fourth-order valence-electron chi connectivity index (χ4n) is 2.36. The van der Waals surface area contributed by atoms with E-state index in [0.717, 1.165) is 32.8 Å². The van der Waals surface area contributed by atoms with Crippen molar-refractivity contribution in [3.8, 4) is 0 Å². The third-order valence-corrected chi connectivity index (χ3v) is 3.75. The van der Waals surface area contributed by atoms with Gasteiger partial charge < -0.3 is 15.0 Å². The molecule has 1 heterocycles. The van der Waals surface area contributed by atoms with Crippen molar-refractivity contribution in [2.45, 2.75) is 26.5 Å². The van der Waals surface area contributed by atoms with Crippen molar-refractivity contribution in [3.63, 3.8) is 0 Å². The Bertz CT molecular complexity index is 392. The third-order valence-electron chi connectivity index (χ3n) is 3.75. The van der Waals surface area contributed by atoms with Gasteiger partial charge in [0.1, 0.15) is 0 Å². The minimum Gasteiger partial charge on any atom is -0.374 e. The number of rotatable bonds is 4. The van der Waals surface area contributed by atoms with E-state index in [2.05, 4.69) is 49.3 Å². The minimum atomic E-state index is 0.328. The molecule has 1 aromatic carbocycles. The van der Waals surface area contributed by atoms with Crippen LogP contribution in [-0.2, 0) is 11.3 Å². The molecule has 0 radical (unpaired) electrons. The average Bonchev–Trinajstić information content (AvgIpc) is 2.35. The van der Waals surface area contributed by atoms with Crippen LogP contribution in [0, 0.1) is 13.8 Å². The van der Waals surface area contributed by atoms with Gasteiger partial charge in [-0.25, -0.2) is 0 Å². The second kappa shape index (κ2) is 6.32. The Morgan fingerprint density at radius 2 is 2.22 bits per heavy atom. The van der Waals surface area contributed by atoms with Crippen LogP contribution in [0.4, 0.5) is 0 Å². The highest BCUT2D eigenvalue weighted by molar-refractivity contribution is 5.32. The van der Waals surface area contributed by atoms with Gasteiger partial charge in [-0.3, -0.25) is 0 Å². The number of nitrogens with one attached hydrogen (secondary N) is 1. The van der Waals surface area contributed by atoms with Gasteiger partial charge in [-0.2, -0.15) is 0 Å². The largest absolute Gasteiger partial charge is 0.374 e. The number of hydrogen-bond acceptors (Lipinski definition) is 3. The summed E-state index contributed by atoms with van der Waals surface area (Å²) in [6.07, 6.45) is 0.328. The first-order chi connectivity index (χ1) is 8.66. The molecule has 0 bridgehead atoms. The molecule has 0 spiro atoms. The highest BCUT2D eigenvalue weighted by atomic mass is 16.5. The van der Waals surface area contributed by atoms with Gasteiger partial charge in [0.25, 0.3) is 0 Å². The predicted octanol–water partition coefficient (Wildman–Crippen LogP) is 1.72. The van der Waals surface area contributed by atoms with Gasteiger partial charge in [0, 0.05) is 26.2 Å². The predicted molar refractivity (Wildman–Crippen MR) is 74.9 cm³/mol. The van der Waals surface area contributed by atoms with Crippen molar-refractivity contribution in [1.82, 2.24) is 10.2 Å². The van der Waals surface area contributed by atoms with Crippen LogP contribution in [0.25, 0.3) is 0 Å². The molecule has 1 saturated heterocycles. The number of hydrogen-bond donors (Lipinski definition) is 1. The molecule has 2 rings (SSSR count). The maximum atomic E-state index is 5.74. The van der Waals surface area contributed by atoms with Gasteiger partial charge in [0.15, 0.2) is 0 Å². The molecular weight excluding hydrogens is 224 g/mol. The zero-order chi connectivity index (χ0) is 13.0. The molecule has 3 heteroatoms. The fourth-order valence-corrected chi connectivity index (χ4v) is 2.36. The van der Waals surface area contributed by atoms with Gasteiger partial charge in [0.2, 0.25) is 0 Å². The fraction of sp³-hybridized carbons (Fsp3) is 0.600. The molecule has 1 aliphatic rings. The van der Waals surface area contributed by atoms with E-state index in [0.29, 0.717) is 6.10 Å². The number of benzene rings is 1. The van der Waals surface area contributed by atoms with E-state index in [1.165, 1.54) is 16.7 Å². The lowest BCUT2D eigenvalue weighted by atomic mass is 10.0. The van der Waals surface area contributed by atoms with E-state index in [1.807, 2.05) is 0 Å². The van der Waals surface area contributed by atoms with Crippen LogP contribution in [0.3, 0.4) is 0 Å². The molecular formula is C15H24N2O. The summed E-state index contributed by atoms with van der Waals surface area (Å²) in [5.41, 5.74) is 4.15. The van der Waals surface area contributed by atoms with Crippen LogP contribution >= 0.6 is 0 Å². The second-order valence-electron chi connectivity index (χ2n) is 5.24. The molecule has 0 saturated carbocycles. The number of ether oxygens (including phenoxy) is 1. The lowest BCUT2D eigenvalue weighted by molar-refractivity contribution is -0.0182. The van der Waals surface area contributed by atoms with E-state index in [1.54, 1.807) is 0 Å². The first-order valence-electron chi connectivity index (χ1n) is 6.73. The molecule has 1 N–H and O–H groups in total. The Hall–Kier alpha value is -0.900. The molecule has 0 amide bonds. The first kappa shape index (κ1) is 13.5. The van der Waals surface area contributed by atoms with Crippen LogP contribution in [-0.4, -0.2) is 44.3 Å². The maximum absolute atomic E-state index is 5.74. The summed E-state index contributed by atoms with van der Waals surface area (Å²) in [4.78, 5) is 2.33. The topological polar surface area (TPSA) is 24.5 Å². The monoisotopic (exact) mass is 248 g/mol. The highest BCUT2D eigenvalue weighted by Crippen LogP contribution is 2.12. The average molecular weight is 248 g/mol. The maximum Gasteiger partial charge on any atom is 0.0826 e. The van der Waals surface area contributed by atoms with E-state index in [4.69, 9.17) is 4.74 Å². The normalized spacial score (nSPS) is 21.2. The van der Waals surface area contributed by atoms with Crippen molar-refractivity contribution in [3.05, 3.63) is 34.9 Å². The van der Waals surface area contributed by atoms with E-state index in [9.17, 15) is 0 Å². The Labute approximate surface area is 110 Å². The minimum absolute atomic E-state index is 0.328. The van der Waals surface area contributed by atoms with Gasteiger partial charge in [-0.15, -0.1) is 0 Å². The molecule has 18 heavy (non-hydrogen) atoms.